The highest BCUT2D eigenvalue weighted by Gasteiger charge is 2.35. The predicted octanol–water partition coefficient (Wildman–Crippen LogP) is 4.38. The number of aromatic nitrogens is 1. The maximum atomic E-state index is 13.0. The van der Waals surface area contributed by atoms with Gasteiger partial charge in [0.25, 0.3) is 0 Å². The molecule has 1 unspecified atom stereocenters. The van der Waals surface area contributed by atoms with Crippen LogP contribution in [0.25, 0.3) is 22.1 Å². The van der Waals surface area contributed by atoms with E-state index in [-0.39, 0.29) is 17.0 Å². The molecule has 5 rings (SSSR count). The Labute approximate surface area is 177 Å². The van der Waals surface area contributed by atoms with Crippen LogP contribution in [0.3, 0.4) is 0 Å². The molecule has 31 heavy (non-hydrogen) atoms. The van der Waals surface area contributed by atoms with Gasteiger partial charge in [-0.25, -0.2) is 4.79 Å². The molecule has 150 valence electrons. The van der Waals surface area contributed by atoms with Crippen molar-refractivity contribution >= 4 is 11.0 Å². The lowest BCUT2D eigenvalue weighted by Crippen LogP contribution is -2.26. The number of nitrogens with zero attached hydrogens (tertiary/aromatic N) is 2. The lowest BCUT2D eigenvalue weighted by Gasteiger charge is -2.26. The van der Waals surface area contributed by atoms with Gasteiger partial charge in [-0.1, -0.05) is 35.9 Å². The van der Waals surface area contributed by atoms with Crippen molar-refractivity contribution in [2.75, 3.05) is 0 Å². The molecule has 0 fully saturated rings. The zero-order valence-corrected chi connectivity index (χ0v) is 16.6. The van der Waals surface area contributed by atoms with Crippen molar-refractivity contribution in [3.63, 3.8) is 0 Å². The summed E-state index contributed by atoms with van der Waals surface area (Å²) in [6.07, 6.45) is 3.46. The average Bonchev–Trinajstić information content (AvgIpc) is 2.79. The lowest BCUT2D eigenvalue weighted by atomic mass is 9.83. The van der Waals surface area contributed by atoms with Crippen LogP contribution in [-0.2, 0) is 0 Å². The van der Waals surface area contributed by atoms with Crippen LogP contribution < -0.4 is 16.1 Å². The van der Waals surface area contributed by atoms with Gasteiger partial charge < -0.3 is 14.9 Å². The Kier molecular flexibility index (Phi) is 4.30. The highest BCUT2D eigenvalue weighted by Crippen LogP contribution is 2.43. The van der Waals surface area contributed by atoms with Crippen molar-refractivity contribution < 1.29 is 9.15 Å². The van der Waals surface area contributed by atoms with E-state index in [4.69, 9.17) is 14.9 Å². The molecule has 0 saturated heterocycles. The van der Waals surface area contributed by atoms with Crippen LogP contribution in [0, 0.1) is 18.3 Å². The van der Waals surface area contributed by atoms with Gasteiger partial charge in [-0.05, 0) is 47.9 Å². The molecule has 2 aromatic heterocycles. The molecule has 2 N–H and O–H groups in total. The molecule has 4 aromatic rings. The monoisotopic (exact) mass is 407 g/mol. The third-order valence-corrected chi connectivity index (χ3v) is 5.48. The van der Waals surface area contributed by atoms with Crippen LogP contribution in [0.5, 0.6) is 5.75 Å². The van der Waals surface area contributed by atoms with E-state index in [2.05, 4.69) is 11.1 Å². The molecule has 1 atom stereocenters. The Morgan fingerprint density at radius 3 is 2.45 bits per heavy atom. The number of aryl methyl sites for hydroxylation is 1. The summed E-state index contributed by atoms with van der Waals surface area (Å²) in [6.45, 7) is 1.94. The molecule has 1 aliphatic heterocycles. The average molecular weight is 407 g/mol. The fourth-order valence-corrected chi connectivity index (χ4v) is 3.98. The van der Waals surface area contributed by atoms with E-state index < -0.39 is 11.5 Å². The van der Waals surface area contributed by atoms with Gasteiger partial charge in [-0.15, -0.1) is 0 Å². The van der Waals surface area contributed by atoms with E-state index in [0.717, 1.165) is 22.3 Å². The highest BCUT2D eigenvalue weighted by molar-refractivity contribution is 5.86. The van der Waals surface area contributed by atoms with Gasteiger partial charge in [0, 0.05) is 12.4 Å². The van der Waals surface area contributed by atoms with Gasteiger partial charge in [-0.3, -0.25) is 4.98 Å². The molecule has 6 nitrogen and oxygen atoms in total. The molecule has 0 amide bonds. The Morgan fingerprint density at radius 1 is 1.03 bits per heavy atom. The van der Waals surface area contributed by atoms with Gasteiger partial charge in [0.1, 0.15) is 17.2 Å². The third-order valence-electron chi connectivity index (χ3n) is 5.48. The Morgan fingerprint density at radius 2 is 1.74 bits per heavy atom. The summed E-state index contributed by atoms with van der Waals surface area (Å²) in [5.41, 5.74) is 10.2. The SMILES string of the molecule is Cc1ccc2oc(=O)c3c(c2c1)OC(N)=C(C#N)C3c1ccc(-c2ccncc2)cc1. The topological polar surface area (TPSA) is 102 Å². The second-order valence-corrected chi connectivity index (χ2v) is 7.41. The number of pyridine rings is 1. The number of benzene rings is 2. The van der Waals surface area contributed by atoms with Crippen molar-refractivity contribution in [3.8, 4) is 22.9 Å². The van der Waals surface area contributed by atoms with Crippen LogP contribution in [0.1, 0.15) is 22.6 Å². The summed E-state index contributed by atoms with van der Waals surface area (Å²) in [4.78, 5) is 17.0. The predicted molar refractivity (Wildman–Crippen MR) is 116 cm³/mol. The summed E-state index contributed by atoms with van der Waals surface area (Å²) in [5.74, 6) is -0.345. The van der Waals surface area contributed by atoms with E-state index in [9.17, 15) is 10.1 Å². The van der Waals surface area contributed by atoms with Crippen LogP contribution in [0.15, 0.2) is 87.7 Å². The van der Waals surface area contributed by atoms with Crippen LogP contribution in [-0.4, -0.2) is 4.98 Å². The molecule has 3 heterocycles. The Bertz CT molecular complexity index is 1450. The highest BCUT2D eigenvalue weighted by atomic mass is 16.5. The largest absolute Gasteiger partial charge is 0.439 e. The van der Waals surface area contributed by atoms with Crippen LogP contribution in [0.4, 0.5) is 0 Å². The molecule has 0 aliphatic carbocycles. The van der Waals surface area contributed by atoms with E-state index in [1.165, 1.54) is 0 Å². The molecular formula is C25H17N3O3. The summed E-state index contributed by atoms with van der Waals surface area (Å²) < 4.78 is 11.4. The number of hydrogen-bond acceptors (Lipinski definition) is 6. The second kappa shape index (κ2) is 7.15. The summed E-state index contributed by atoms with van der Waals surface area (Å²) >= 11 is 0. The van der Waals surface area contributed by atoms with Crippen LogP contribution in [0.2, 0.25) is 0 Å². The smallest absolute Gasteiger partial charge is 0.344 e. The van der Waals surface area contributed by atoms with E-state index in [0.29, 0.717) is 16.7 Å². The molecule has 0 bridgehead atoms. The zero-order chi connectivity index (χ0) is 21.5. The number of ether oxygens (including phenoxy) is 1. The minimum Gasteiger partial charge on any atom is -0.439 e. The molecule has 2 aromatic carbocycles. The maximum absolute atomic E-state index is 13.0. The molecule has 0 spiro atoms. The summed E-state index contributed by atoms with van der Waals surface area (Å²) in [6, 6.07) is 19.1. The number of fused-ring (bicyclic) bond motifs is 3. The maximum Gasteiger partial charge on any atom is 0.344 e. The summed E-state index contributed by atoms with van der Waals surface area (Å²) in [7, 11) is 0. The minimum atomic E-state index is -0.679. The first-order valence-corrected chi connectivity index (χ1v) is 9.72. The fraction of sp³-hybridized carbons (Fsp3) is 0.0800. The van der Waals surface area contributed by atoms with Gasteiger partial charge in [0.2, 0.25) is 5.88 Å². The van der Waals surface area contributed by atoms with Crippen molar-refractivity contribution in [2.24, 2.45) is 5.73 Å². The number of rotatable bonds is 2. The van der Waals surface area contributed by atoms with E-state index >= 15 is 0 Å². The van der Waals surface area contributed by atoms with Gasteiger partial charge >= 0.3 is 5.63 Å². The van der Waals surface area contributed by atoms with Crippen molar-refractivity contribution in [2.45, 2.75) is 12.8 Å². The van der Waals surface area contributed by atoms with E-state index in [1.807, 2.05) is 55.5 Å². The molecular weight excluding hydrogens is 390 g/mol. The third kappa shape index (κ3) is 3.04. The quantitative estimate of drug-likeness (QED) is 0.495. The second-order valence-electron chi connectivity index (χ2n) is 7.41. The van der Waals surface area contributed by atoms with Crippen LogP contribution >= 0.6 is 0 Å². The Balaban J connectivity index is 1.72. The summed E-state index contributed by atoms with van der Waals surface area (Å²) in [5, 5.41) is 10.4. The van der Waals surface area contributed by atoms with Crippen molar-refractivity contribution in [1.82, 2.24) is 4.98 Å². The number of hydrogen-bond donors (Lipinski definition) is 1. The first-order chi connectivity index (χ1) is 15.1. The molecule has 0 saturated carbocycles. The molecule has 6 heteroatoms. The van der Waals surface area contributed by atoms with Gasteiger partial charge in [0.15, 0.2) is 5.75 Å². The number of allylic oxidation sites excluding steroid dienone is 1. The standard InChI is InChI=1S/C25H17N3O3/c1-14-2-7-20-18(12-14)23-22(25(29)30-20)21(19(13-26)24(27)31-23)17-5-3-15(4-6-17)16-8-10-28-11-9-16/h2-12,21H,27H2,1H3. The first-order valence-electron chi connectivity index (χ1n) is 9.72. The number of nitrogens with two attached hydrogens (primary N) is 1. The van der Waals surface area contributed by atoms with Crippen molar-refractivity contribution in [3.05, 3.63) is 106 Å². The Hall–Kier alpha value is -4.37. The normalized spacial score (nSPS) is 15.3. The number of nitriles is 1. The molecule has 0 radical (unpaired) electrons. The minimum absolute atomic E-state index is 0.00776. The fourth-order valence-electron chi connectivity index (χ4n) is 3.98. The van der Waals surface area contributed by atoms with Crippen molar-refractivity contribution in [1.29, 1.82) is 5.26 Å². The first kappa shape index (κ1) is 18.6. The van der Waals surface area contributed by atoms with E-state index in [1.54, 1.807) is 18.5 Å². The van der Waals surface area contributed by atoms with Gasteiger partial charge in [0.05, 0.1) is 16.9 Å². The lowest BCUT2D eigenvalue weighted by molar-refractivity contribution is 0.388. The molecule has 1 aliphatic rings. The van der Waals surface area contributed by atoms with Gasteiger partial charge in [-0.2, -0.15) is 5.26 Å². The zero-order valence-electron chi connectivity index (χ0n) is 16.6.